The predicted molar refractivity (Wildman–Crippen MR) is 71.5 cm³/mol. The van der Waals surface area contributed by atoms with Crippen LogP contribution >= 0.6 is 11.6 Å². The van der Waals surface area contributed by atoms with Crippen molar-refractivity contribution in [1.29, 1.82) is 0 Å². The summed E-state index contributed by atoms with van der Waals surface area (Å²) in [5.74, 6) is -0.895. The monoisotopic (exact) mass is 274 g/mol. The van der Waals surface area contributed by atoms with Gasteiger partial charge in [0.05, 0.1) is 0 Å². The van der Waals surface area contributed by atoms with E-state index in [1.165, 1.54) is 44.9 Å². The van der Waals surface area contributed by atoms with Crippen LogP contribution in [0.15, 0.2) is 0 Å². The number of halogens is 1. The minimum absolute atomic E-state index is 0.125. The molecule has 3 nitrogen and oxygen atoms in total. The van der Waals surface area contributed by atoms with Crippen LogP contribution in [0.3, 0.4) is 0 Å². The molecule has 0 spiro atoms. The van der Waals surface area contributed by atoms with Gasteiger partial charge in [-0.2, -0.15) is 0 Å². The van der Waals surface area contributed by atoms with Gasteiger partial charge in [-0.3, -0.25) is 4.79 Å². The third-order valence-corrected chi connectivity index (χ3v) is 3.64. The topological polar surface area (TPSA) is 43.4 Å². The lowest BCUT2D eigenvalue weighted by molar-refractivity contribution is -0.155. The molecule has 0 N–H and O–H groups in total. The van der Waals surface area contributed by atoms with Crippen molar-refractivity contribution < 1.29 is 14.3 Å². The Morgan fingerprint density at radius 1 is 0.778 bits per heavy atom. The Labute approximate surface area is 114 Å². The molecule has 1 saturated carbocycles. The average molecular weight is 275 g/mol. The van der Waals surface area contributed by atoms with Crippen LogP contribution < -0.4 is 0 Å². The number of hydrogen-bond donors (Lipinski definition) is 0. The van der Waals surface area contributed by atoms with Crippen LogP contribution in [-0.2, 0) is 14.3 Å². The Balaban J connectivity index is 2.36. The SMILES string of the molecule is O=C(Cl)C(=O)OC1CCCCCCCCCCC1. The molecule has 0 aliphatic heterocycles. The van der Waals surface area contributed by atoms with Gasteiger partial charge in [0.1, 0.15) is 6.10 Å². The molecule has 0 saturated heterocycles. The van der Waals surface area contributed by atoms with Gasteiger partial charge in [-0.05, 0) is 37.3 Å². The highest BCUT2D eigenvalue weighted by molar-refractivity contribution is 6.80. The number of carbonyl (C=O) groups is 2. The van der Waals surface area contributed by atoms with Crippen LogP contribution in [0.4, 0.5) is 0 Å². The fourth-order valence-corrected chi connectivity index (χ4v) is 2.49. The summed E-state index contributed by atoms with van der Waals surface area (Å²) >= 11 is 5.11. The molecule has 1 aliphatic rings. The Hall–Kier alpha value is -0.570. The summed E-state index contributed by atoms with van der Waals surface area (Å²) in [6, 6.07) is 0. The van der Waals surface area contributed by atoms with Crippen molar-refractivity contribution in [2.45, 2.75) is 76.7 Å². The lowest BCUT2D eigenvalue weighted by Gasteiger charge is -2.17. The maximum absolute atomic E-state index is 11.2. The van der Waals surface area contributed by atoms with Gasteiger partial charge in [-0.15, -0.1) is 0 Å². The van der Waals surface area contributed by atoms with Crippen LogP contribution in [0.25, 0.3) is 0 Å². The summed E-state index contributed by atoms with van der Waals surface area (Å²) in [5.41, 5.74) is 0. The van der Waals surface area contributed by atoms with Crippen molar-refractivity contribution in [3.63, 3.8) is 0 Å². The van der Waals surface area contributed by atoms with E-state index in [1.54, 1.807) is 0 Å². The highest BCUT2D eigenvalue weighted by Crippen LogP contribution is 2.19. The van der Waals surface area contributed by atoms with Gasteiger partial charge >= 0.3 is 11.2 Å². The first kappa shape index (κ1) is 15.5. The van der Waals surface area contributed by atoms with E-state index >= 15 is 0 Å². The Morgan fingerprint density at radius 3 is 1.56 bits per heavy atom. The summed E-state index contributed by atoms with van der Waals surface area (Å²) in [6.45, 7) is 0. The van der Waals surface area contributed by atoms with Crippen molar-refractivity contribution in [2.24, 2.45) is 0 Å². The summed E-state index contributed by atoms with van der Waals surface area (Å²) in [7, 11) is 0. The Bertz CT molecular complexity index is 254. The van der Waals surface area contributed by atoms with E-state index in [2.05, 4.69) is 0 Å². The lowest BCUT2D eigenvalue weighted by Crippen LogP contribution is -2.22. The highest BCUT2D eigenvalue weighted by atomic mass is 35.5. The second kappa shape index (κ2) is 9.37. The zero-order valence-corrected chi connectivity index (χ0v) is 11.7. The zero-order valence-electron chi connectivity index (χ0n) is 11.0. The van der Waals surface area contributed by atoms with E-state index < -0.39 is 11.2 Å². The molecule has 0 amide bonds. The maximum Gasteiger partial charge on any atom is 0.391 e. The molecular formula is C14H23ClO3. The van der Waals surface area contributed by atoms with Gasteiger partial charge in [0, 0.05) is 0 Å². The van der Waals surface area contributed by atoms with Crippen LogP contribution in [-0.4, -0.2) is 17.3 Å². The molecule has 4 heteroatoms. The molecular weight excluding hydrogens is 252 g/mol. The molecule has 1 aliphatic carbocycles. The zero-order chi connectivity index (χ0) is 13.2. The quantitative estimate of drug-likeness (QED) is 0.435. The van der Waals surface area contributed by atoms with Crippen LogP contribution in [0.5, 0.6) is 0 Å². The number of carbonyl (C=O) groups excluding carboxylic acids is 2. The van der Waals surface area contributed by atoms with Crippen molar-refractivity contribution in [3.8, 4) is 0 Å². The summed E-state index contributed by atoms with van der Waals surface area (Å²) in [6.07, 6.45) is 12.6. The molecule has 0 heterocycles. The van der Waals surface area contributed by atoms with Gasteiger partial charge in [0.15, 0.2) is 0 Å². The van der Waals surface area contributed by atoms with Gasteiger partial charge in [0.2, 0.25) is 0 Å². The first-order valence-corrected chi connectivity index (χ1v) is 7.48. The van der Waals surface area contributed by atoms with E-state index in [4.69, 9.17) is 16.3 Å². The normalized spacial score (nSPS) is 20.5. The molecule has 1 fully saturated rings. The van der Waals surface area contributed by atoms with Gasteiger partial charge in [0.25, 0.3) is 0 Å². The van der Waals surface area contributed by atoms with Crippen molar-refractivity contribution >= 4 is 22.8 Å². The van der Waals surface area contributed by atoms with Gasteiger partial charge in [-0.1, -0.05) is 44.9 Å². The molecule has 0 aromatic heterocycles. The lowest BCUT2D eigenvalue weighted by atomic mass is 9.99. The van der Waals surface area contributed by atoms with E-state index in [-0.39, 0.29) is 6.10 Å². The van der Waals surface area contributed by atoms with Gasteiger partial charge in [-0.25, -0.2) is 4.79 Å². The van der Waals surface area contributed by atoms with Crippen molar-refractivity contribution in [2.75, 3.05) is 0 Å². The van der Waals surface area contributed by atoms with Crippen molar-refractivity contribution in [3.05, 3.63) is 0 Å². The molecule has 0 unspecified atom stereocenters. The predicted octanol–water partition coefficient (Wildman–Crippen LogP) is 3.97. The summed E-state index contributed by atoms with van der Waals surface area (Å²) < 4.78 is 5.14. The van der Waals surface area contributed by atoms with Crippen LogP contribution in [0.1, 0.15) is 70.6 Å². The largest absolute Gasteiger partial charge is 0.456 e. The summed E-state index contributed by atoms with van der Waals surface area (Å²) in [4.78, 5) is 21.9. The summed E-state index contributed by atoms with van der Waals surface area (Å²) in [5, 5.41) is -1.01. The number of ether oxygens (including phenoxy) is 1. The van der Waals surface area contributed by atoms with E-state index in [0.717, 1.165) is 25.7 Å². The first-order chi connectivity index (χ1) is 8.70. The van der Waals surface area contributed by atoms with E-state index in [1.807, 2.05) is 0 Å². The number of esters is 1. The molecule has 0 aromatic carbocycles. The third-order valence-electron chi connectivity index (χ3n) is 3.49. The minimum atomic E-state index is -1.01. The molecule has 104 valence electrons. The number of rotatable bonds is 2. The second-order valence-electron chi connectivity index (χ2n) is 5.06. The molecule has 0 bridgehead atoms. The van der Waals surface area contributed by atoms with Crippen LogP contribution in [0, 0.1) is 0 Å². The fourth-order valence-electron chi connectivity index (χ4n) is 2.44. The maximum atomic E-state index is 11.2. The highest BCUT2D eigenvalue weighted by Gasteiger charge is 2.18. The van der Waals surface area contributed by atoms with Crippen LogP contribution in [0.2, 0.25) is 0 Å². The second-order valence-corrected chi connectivity index (χ2v) is 5.40. The van der Waals surface area contributed by atoms with E-state index in [0.29, 0.717) is 0 Å². The molecule has 18 heavy (non-hydrogen) atoms. The van der Waals surface area contributed by atoms with Crippen molar-refractivity contribution in [1.82, 2.24) is 0 Å². The Morgan fingerprint density at radius 2 is 1.17 bits per heavy atom. The minimum Gasteiger partial charge on any atom is -0.456 e. The fraction of sp³-hybridized carbons (Fsp3) is 0.857. The molecule has 0 radical (unpaired) electrons. The molecule has 0 aromatic rings. The smallest absolute Gasteiger partial charge is 0.391 e. The third kappa shape index (κ3) is 7.00. The molecule has 0 atom stereocenters. The Kier molecular flexibility index (Phi) is 8.06. The average Bonchev–Trinajstić information content (AvgIpc) is 2.32. The standard InChI is InChI=1S/C14H23ClO3/c15-13(16)14(17)18-12-10-8-6-4-2-1-3-5-7-9-11-12/h12H,1-11H2. The first-order valence-electron chi connectivity index (χ1n) is 7.10. The number of hydrogen-bond acceptors (Lipinski definition) is 3. The van der Waals surface area contributed by atoms with E-state index in [9.17, 15) is 9.59 Å². The van der Waals surface area contributed by atoms with Gasteiger partial charge < -0.3 is 4.74 Å². The molecule has 1 rings (SSSR count).